The van der Waals surface area contributed by atoms with Crippen LogP contribution in [-0.4, -0.2) is 11.1 Å². The third kappa shape index (κ3) is 6.49. The Hall–Kier alpha value is -6.72. The van der Waals surface area contributed by atoms with Crippen LogP contribution >= 0.6 is 0 Å². The molecule has 0 fully saturated rings. The SMILES string of the molecule is Cc1ccc(N(c2cccc(C)c2)c2ccc3c(-c4ccccc4C(=O)O)c4ccc(=[N+](c5ccc(C)cc5)c5cccc(C)c5)cc-4oc3c2)cc1. The molecular weight excluding hydrogens is 653 g/mol. The van der Waals surface area contributed by atoms with Gasteiger partial charge in [0.25, 0.3) is 0 Å². The summed E-state index contributed by atoms with van der Waals surface area (Å²) in [5.41, 5.74) is 12.8. The van der Waals surface area contributed by atoms with E-state index >= 15 is 0 Å². The van der Waals surface area contributed by atoms with Gasteiger partial charge in [-0.1, -0.05) is 77.9 Å². The quantitative estimate of drug-likeness (QED) is 0.133. The van der Waals surface area contributed by atoms with Crippen LogP contribution in [0.4, 0.5) is 28.4 Å². The fourth-order valence-electron chi connectivity index (χ4n) is 7.14. The van der Waals surface area contributed by atoms with Crippen LogP contribution in [0.2, 0.25) is 0 Å². The Balaban J connectivity index is 1.45. The van der Waals surface area contributed by atoms with Gasteiger partial charge in [-0.2, -0.15) is 4.58 Å². The van der Waals surface area contributed by atoms with E-state index in [1.54, 1.807) is 12.1 Å². The van der Waals surface area contributed by atoms with E-state index in [1.807, 2.05) is 12.1 Å². The molecule has 1 heterocycles. The largest absolute Gasteiger partial charge is 0.478 e. The van der Waals surface area contributed by atoms with Crippen LogP contribution in [0.25, 0.3) is 33.4 Å². The number of anilines is 3. The summed E-state index contributed by atoms with van der Waals surface area (Å²) >= 11 is 0. The fraction of sp³-hybridized carbons (Fsp3) is 0.0833. The minimum Gasteiger partial charge on any atom is -0.478 e. The van der Waals surface area contributed by atoms with Crippen LogP contribution in [0, 0.1) is 27.7 Å². The maximum atomic E-state index is 12.6. The summed E-state index contributed by atoms with van der Waals surface area (Å²) in [6, 6.07) is 53.5. The first-order chi connectivity index (χ1) is 25.7. The third-order valence-corrected chi connectivity index (χ3v) is 9.74. The molecule has 6 aromatic rings. The Morgan fingerprint density at radius 1 is 0.547 bits per heavy atom. The van der Waals surface area contributed by atoms with Crippen molar-refractivity contribution >= 4 is 45.4 Å². The van der Waals surface area contributed by atoms with Gasteiger partial charge in [-0.15, -0.1) is 0 Å². The van der Waals surface area contributed by atoms with Crippen molar-refractivity contribution in [1.29, 1.82) is 0 Å². The summed E-state index contributed by atoms with van der Waals surface area (Å²) < 4.78 is 9.14. The lowest BCUT2D eigenvalue weighted by Crippen LogP contribution is -2.21. The second-order valence-electron chi connectivity index (χ2n) is 13.7. The molecule has 0 atom stereocenters. The van der Waals surface area contributed by atoms with Gasteiger partial charge < -0.3 is 14.4 Å². The van der Waals surface area contributed by atoms with Gasteiger partial charge in [0.15, 0.2) is 0 Å². The van der Waals surface area contributed by atoms with Crippen LogP contribution in [0.15, 0.2) is 162 Å². The Kier molecular flexibility index (Phi) is 8.69. The molecule has 5 heteroatoms. The van der Waals surface area contributed by atoms with Crippen LogP contribution in [0.5, 0.6) is 0 Å². The highest BCUT2D eigenvalue weighted by Gasteiger charge is 2.24. The lowest BCUT2D eigenvalue weighted by atomic mass is 9.90. The van der Waals surface area contributed by atoms with Crippen molar-refractivity contribution in [2.45, 2.75) is 27.7 Å². The van der Waals surface area contributed by atoms with E-state index in [0.29, 0.717) is 16.9 Å². The third-order valence-electron chi connectivity index (χ3n) is 9.74. The number of carbonyl (C=O) groups is 1. The fourth-order valence-corrected chi connectivity index (χ4v) is 7.14. The number of aryl methyl sites for hydroxylation is 4. The minimum atomic E-state index is -0.981. The monoisotopic (exact) mass is 691 g/mol. The molecule has 1 N–H and O–H groups in total. The van der Waals surface area contributed by atoms with E-state index in [4.69, 9.17) is 4.42 Å². The highest BCUT2D eigenvalue weighted by molar-refractivity contribution is 6.08. The van der Waals surface area contributed by atoms with E-state index in [2.05, 4.69) is 171 Å². The van der Waals surface area contributed by atoms with Crippen molar-refractivity contribution < 1.29 is 14.3 Å². The molecule has 0 unspecified atom stereocenters. The van der Waals surface area contributed by atoms with E-state index < -0.39 is 5.97 Å². The molecule has 0 bridgehead atoms. The van der Waals surface area contributed by atoms with Gasteiger partial charge >= 0.3 is 5.97 Å². The first-order valence-electron chi connectivity index (χ1n) is 17.8. The molecule has 258 valence electrons. The van der Waals surface area contributed by atoms with Gasteiger partial charge in [-0.3, -0.25) is 0 Å². The number of fused-ring (bicyclic) bond motifs is 2. The number of carboxylic acid groups (broad SMARTS) is 1. The van der Waals surface area contributed by atoms with Gasteiger partial charge in [-0.25, -0.2) is 4.79 Å². The summed E-state index contributed by atoms with van der Waals surface area (Å²) in [5.74, 6) is -0.338. The molecule has 5 nitrogen and oxygen atoms in total. The van der Waals surface area contributed by atoms with Gasteiger partial charge in [-0.05, 0) is 92.9 Å². The second-order valence-corrected chi connectivity index (χ2v) is 13.7. The first kappa shape index (κ1) is 33.4. The van der Waals surface area contributed by atoms with E-state index in [-0.39, 0.29) is 5.56 Å². The zero-order valence-corrected chi connectivity index (χ0v) is 30.2. The Labute approximate surface area is 309 Å². The minimum absolute atomic E-state index is 0.233. The van der Waals surface area contributed by atoms with Gasteiger partial charge in [0.2, 0.25) is 16.7 Å². The molecule has 0 saturated carbocycles. The number of carboxylic acids is 1. The molecule has 1 aliphatic heterocycles. The summed E-state index contributed by atoms with van der Waals surface area (Å²) in [5, 5.41) is 12.1. The molecule has 53 heavy (non-hydrogen) atoms. The molecule has 6 aromatic carbocycles. The Morgan fingerprint density at radius 2 is 1.21 bits per heavy atom. The molecule has 0 amide bonds. The first-order valence-corrected chi connectivity index (χ1v) is 17.8. The number of aromatic carboxylic acids is 1. The maximum Gasteiger partial charge on any atom is 0.336 e. The smallest absolute Gasteiger partial charge is 0.336 e. The topological polar surface area (TPSA) is 56.7 Å². The molecule has 8 rings (SSSR count). The molecule has 0 saturated heterocycles. The van der Waals surface area contributed by atoms with Crippen molar-refractivity contribution in [3.8, 4) is 22.5 Å². The van der Waals surface area contributed by atoms with Crippen LogP contribution in [0.3, 0.4) is 0 Å². The molecule has 0 radical (unpaired) electrons. The summed E-state index contributed by atoms with van der Waals surface area (Å²) in [6.45, 7) is 8.37. The summed E-state index contributed by atoms with van der Waals surface area (Å²) in [4.78, 5) is 14.9. The molecule has 1 aliphatic carbocycles. The lowest BCUT2D eigenvalue weighted by Gasteiger charge is -2.26. The average Bonchev–Trinajstić information content (AvgIpc) is 3.15. The summed E-state index contributed by atoms with van der Waals surface area (Å²) in [7, 11) is 0. The van der Waals surface area contributed by atoms with Crippen molar-refractivity contribution in [2.24, 2.45) is 0 Å². The maximum absolute atomic E-state index is 12.6. The van der Waals surface area contributed by atoms with Gasteiger partial charge in [0.1, 0.15) is 11.3 Å². The highest BCUT2D eigenvalue weighted by atomic mass is 16.4. The van der Waals surface area contributed by atoms with E-state index in [9.17, 15) is 9.90 Å². The number of hydrogen-bond acceptors (Lipinski definition) is 3. The van der Waals surface area contributed by atoms with Crippen LogP contribution in [-0.2, 0) is 0 Å². The lowest BCUT2D eigenvalue weighted by molar-refractivity contribution is 0.0697. The zero-order chi connectivity index (χ0) is 36.6. The predicted molar refractivity (Wildman–Crippen MR) is 216 cm³/mol. The van der Waals surface area contributed by atoms with Crippen LogP contribution < -0.4 is 14.8 Å². The zero-order valence-electron chi connectivity index (χ0n) is 30.2. The van der Waals surface area contributed by atoms with Gasteiger partial charge in [0.05, 0.1) is 11.6 Å². The number of hydrogen-bond donors (Lipinski definition) is 1. The summed E-state index contributed by atoms with van der Waals surface area (Å²) in [6.07, 6.45) is 0. The van der Waals surface area contributed by atoms with Crippen molar-refractivity contribution in [2.75, 3.05) is 4.90 Å². The van der Waals surface area contributed by atoms with Crippen LogP contribution in [0.1, 0.15) is 32.6 Å². The molecule has 2 aliphatic rings. The van der Waals surface area contributed by atoms with E-state index in [0.717, 1.165) is 61.4 Å². The molecule has 0 aromatic heterocycles. The second kappa shape index (κ2) is 13.8. The number of nitrogens with zero attached hydrogens (tertiary/aromatic N) is 2. The highest BCUT2D eigenvalue weighted by Crippen LogP contribution is 2.44. The number of rotatable bonds is 7. The van der Waals surface area contributed by atoms with Crippen molar-refractivity contribution in [3.63, 3.8) is 0 Å². The predicted octanol–water partition coefficient (Wildman–Crippen LogP) is 12.0. The molecule has 0 spiro atoms. The van der Waals surface area contributed by atoms with Crippen molar-refractivity contribution in [3.05, 3.63) is 191 Å². The molecular formula is C48H39N2O3+. The van der Waals surface area contributed by atoms with Crippen molar-refractivity contribution in [1.82, 2.24) is 4.58 Å². The normalized spacial score (nSPS) is 11.8. The Bertz CT molecular complexity index is 2690. The van der Waals surface area contributed by atoms with Gasteiger partial charge in [0, 0.05) is 70.0 Å². The Morgan fingerprint density at radius 3 is 1.92 bits per heavy atom. The number of benzene rings is 7. The average molecular weight is 692 g/mol. The van der Waals surface area contributed by atoms with E-state index in [1.165, 1.54) is 11.1 Å². The standard InChI is InChI=1S/C48H38N2O3/c1-31-15-19-35(20-16-31)49(37-11-7-9-33(3)27-37)39-23-25-43-45(29-39)53-46-30-40(24-26-44(46)47(43)41-13-5-6-14-42(41)48(51)52)50(36-21-17-32(2)18-22-36)38-12-8-10-34(4)28-38/h5-30H,1-4H3/p+1.